The molecule has 8 heteroatoms. The van der Waals surface area contributed by atoms with E-state index in [1.807, 2.05) is 35.7 Å². The highest BCUT2D eigenvalue weighted by atomic mass is 35.5. The third-order valence-electron chi connectivity index (χ3n) is 4.16. The number of aromatic nitrogens is 1. The number of hydrazone groups is 1. The minimum absolute atomic E-state index is 0.137. The average molecular weight is 411 g/mol. The van der Waals surface area contributed by atoms with Crippen LogP contribution in [0.25, 0.3) is 11.3 Å². The van der Waals surface area contributed by atoms with Crippen molar-refractivity contribution in [1.82, 2.24) is 4.98 Å². The number of para-hydroxylation sites is 1. The predicted molar refractivity (Wildman–Crippen MR) is 112 cm³/mol. The number of rotatable bonds is 4. The number of hydrogen-bond acceptors (Lipinski definition) is 5. The highest BCUT2D eigenvalue weighted by molar-refractivity contribution is 7.14. The van der Waals surface area contributed by atoms with Crippen molar-refractivity contribution in [3.63, 3.8) is 0 Å². The van der Waals surface area contributed by atoms with Gasteiger partial charge in [-0.3, -0.25) is 14.9 Å². The van der Waals surface area contributed by atoms with Crippen molar-refractivity contribution in [3.05, 3.63) is 65.0 Å². The molecule has 140 valence electrons. The lowest BCUT2D eigenvalue weighted by molar-refractivity contribution is -0.118. The molecule has 0 fully saturated rings. The van der Waals surface area contributed by atoms with Gasteiger partial charge in [0.15, 0.2) is 5.13 Å². The van der Waals surface area contributed by atoms with Crippen LogP contribution in [-0.2, 0) is 9.59 Å². The summed E-state index contributed by atoms with van der Waals surface area (Å²) >= 11 is 7.24. The first-order valence-electron chi connectivity index (χ1n) is 8.58. The molecule has 1 aliphatic heterocycles. The monoisotopic (exact) mass is 410 g/mol. The Morgan fingerprint density at radius 3 is 2.57 bits per heavy atom. The SMILES string of the molecule is O=C(Nc1nc(-c2ccc(Cl)cc2)cs1)C1=NN(c2ccccc2)C(=O)CC1. The molecule has 0 aliphatic carbocycles. The van der Waals surface area contributed by atoms with Gasteiger partial charge in [-0.2, -0.15) is 5.10 Å². The Kier molecular flexibility index (Phi) is 5.18. The Morgan fingerprint density at radius 1 is 1.07 bits per heavy atom. The fraction of sp³-hybridized carbons (Fsp3) is 0.100. The molecule has 28 heavy (non-hydrogen) atoms. The van der Waals surface area contributed by atoms with Crippen LogP contribution >= 0.6 is 22.9 Å². The first-order chi connectivity index (χ1) is 13.6. The summed E-state index contributed by atoms with van der Waals surface area (Å²) in [4.78, 5) is 29.2. The van der Waals surface area contributed by atoms with Crippen molar-refractivity contribution in [2.24, 2.45) is 5.10 Å². The summed E-state index contributed by atoms with van der Waals surface area (Å²) < 4.78 is 0. The zero-order valence-corrected chi connectivity index (χ0v) is 16.2. The van der Waals surface area contributed by atoms with Crippen LogP contribution in [0.1, 0.15) is 12.8 Å². The Hall–Kier alpha value is -3.03. The van der Waals surface area contributed by atoms with E-state index in [0.29, 0.717) is 28.0 Å². The van der Waals surface area contributed by atoms with E-state index in [1.54, 1.807) is 24.3 Å². The first kappa shape index (κ1) is 18.3. The zero-order valence-electron chi connectivity index (χ0n) is 14.6. The third kappa shape index (κ3) is 3.95. The number of thiazole rings is 1. The van der Waals surface area contributed by atoms with Gasteiger partial charge in [0.05, 0.1) is 11.4 Å². The summed E-state index contributed by atoms with van der Waals surface area (Å²) in [5.74, 6) is -0.493. The van der Waals surface area contributed by atoms with Crippen LogP contribution < -0.4 is 10.3 Å². The molecule has 3 aromatic rings. The number of nitrogens with zero attached hydrogens (tertiary/aromatic N) is 3. The Morgan fingerprint density at radius 2 is 1.82 bits per heavy atom. The summed E-state index contributed by atoms with van der Waals surface area (Å²) in [6.07, 6.45) is 0.526. The van der Waals surface area contributed by atoms with Gasteiger partial charge in [0, 0.05) is 28.8 Å². The molecule has 2 heterocycles. The lowest BCUT2D eigenvalue weighted by Gasteiger charge is -2.22. The van der Waals surface area contributed by atoms with E-state index in [-0.39, 0.29) is 18.2 Å². The summed E-state index contributed by atoms with van der Waals surface area (Å²) in [5.41, 5.74) is 2.60. The molecule has 0 saturated heterocycles. The molecule has 6 nitrogen and oxygen atoms in total. The minimum atomic E-state index is -0.356. The molecular formula is C20H15ClN4O2S. The molecule has 4 rings (SSSR count). The Labute approximate surface area is 170 Å². The number of carbonyl (C=O) groups is 2. The Bertz CT molecular complexity index is 1050. The first-order valence-corrected chi connectivity index (χ1v) is 9.84. The van der Waals surface area contributed by atoms with Gasteiger partial charge in [-0.15, -0.1) is 11.3 Å². The van der Waals surface area contributed by atoms with Crippen molar-refractivity contribution in [3.8, 4) is 11.3 Å². The van der Waals surface area contributed by atoms with Gasteiger partial charge in [0.25, 0.3) is 5.91 Å². The van der Waals surface area contributed by atoms with Crippen LogP contribution in [0.15, 0.2) is 65.1 Å². The maximum Gasteiger partial charge on any atom is 0.273 e. The molecular weight excluding hydrogens is 396 g/mol. The number of carbonyl (C=O) groups excluding carboxylic acids is 2. The molecule has 0 saturated carbocycles. The van der Waals surface area contributed by atoms with E-state index in [0.717, 1.165) is 11.3 Å². The van der Waals surface area contributed by atoms with E-state index < -0.39 is 0 Å². The summed E-state index contributed by atoms with van der Waals surface area (Å²) in [6.45, 7) is 0. The number of halogens is 1. The van der Waals surface area contributed by atoms with E-state index in [2.05, 4.69) is 15.4 Å². The topological polar surface area (TPSA) is 74.7 Å². The molecule has 0 unspecified atom stereocenters. The van der Waals surface area contributed by atoms with Gasteiger partial charge >= 0.3 is 0 Å². The summed E-state index contributed by atoms with van der Waals surface area (Å²) in [6, 6.07) is 16.4. The van der Waals surface area contributed by atoms with Gasteiger partial charge in [0.1, 0.15) is 5.71 Å². The van der Waals surface area contributed by atoms with E-state index >= 15 is 0 Å². The van der Waals surface area contributed by atoms with Crippen LogP contribution in [0.4, 0.5) is 10.8 Å². The van der Waals surface area contributed by atoms with Crippen molar-refractivity contribution >= 4 is 51.3 Å². The van der Waals surface area contributed by atoms with Crippen LogP contribution in [0.5, 0.6) is 0 Å². The molecule has 2 aromatic carbocycles. The fourth-order valence-electron chi connectivity index (χ4n) is 2.74. The Balaban J connectivity index is 1.50. The number of hydrogen-bond donors (Lipinski definition) is 1. The standard InChI is InChI=1S/C20H15ClN4O2S/c21-14-8-6-13(7-9-14)17-12-28-20(22-17)23-19(27)16-10-11-18(26)25(24-16)15-4-2-1-3-5-15/h1-9,12H,10-11H2,(H,22,23,27). The lowest BCUT2D eigenvalue weighted by atomic mass is 10.1. The maximum atomic E-state index is 12.6. The maximum absolute atomic E-state index is 12.6. The molecule has 0 radical (unpaired) electrons. The largest absolute Gasteiger partial charge is 0.297 e. The van der Waals surface area contributed by atoms with E-state index in [1.165, 1.54) is 16.3 Å². The summed E-state index contributed by atoms with van der Waals surface area (Å²) in [7, 11) is 0. The molecule has 0 bridgehead atoms. The fourth-order valence-corrected chi connectivity index (χ4v) is 3.58. The highest BCUT2D eigenvalue weighted by Gasteiger charge is 2.26. The normalized spacial score (nSPS) is 14.0. The number of benzene rings is 2. The smallest absolute Gasteiger partial charge is 0.273 e. The minimum Gasteiger partial charge on any atom is -0.297 e. The van der Waals surface area contributed by atoms with Gasteiger partial charge in [-0.25, -0.2) is 9.99 Å². The lowest BCUT2D eigenvalue weighted by Crippen LogP contribution is -2.36. The molecule has 1 aromatic heterocycles. The number of nitrogens with one attached hydrogen (secondary N) is 1. The predicted octanol–water partition coefficient (Wildman–Crippen LogP) is 4.59. The zero-order chi connectivity index (χ0) is 19.5. The molecule has 0 spiro atoms. The summed E-state index contributed by atoms with van der Waals surface area (Å²) in [5, 5.41) is 11.3. The van der Waals surface area contributed by atoms with Crippen molar-refractivity contribution in [1.29, 1.82) is 0 Å². The molecule has 2 amide bonds. The van der Waals surface area contributed by atoms with Gasteiger partial charge in [0.2, 0.25) is 5.91 Å². The van der Waals surface area contributed by atoms with Gasteiger partial charge in [-0.05, 0) is 24.3 Å². The van der Waals surface area contributed by atoms with Crippen LogP contribution in [0.2, 0.25) is 5.02 Å². The van der Waals surface area contributed by atoms with Crippen LogP contribution in [0.3, 0.4) is 0 Å². The second-order valence-corrected chi connectivity index (χ2v) is 7.38. The van der Waals surface area contributed by atoms with Crippen molar-refractivity contribution in [2.45, 2.75) is 12.8 Å². The van der Waals surface area contributed by atoms with Crippen molar-refractivity contribution < 1.29 is 9.59 Å². The highest BCUT2D eigenvalue weighted by Crippen LogP contribution is 2.26. The number of anilines is 2. The molecule has 1 aliphatic rings. The average Bonchev–Trinajstić information content (AvgIpc) is 3.18. The second kappa shape index (κ2) is 7.92. The van der Waals surface area contributed by atoms with E-state index in [4.69, 9.17) is 11.6 Å². The number of amides is 2. The molecule has 0 atom stereocenters. The molecule has 1 N–H and O–H groups in total. The van der Waals surface area contributed by atoms with Crippen LogP contribution in [0, 0.1) is 0 Å². The van der Waals surface area contributed by atoms with E-state index in [9.17, 15) is 9.59 Å². The van der Waals surface area contributed by atoms with Gasteiger partial charge < -0.3 is 0 Å². The van der Waals surface area contributed by atoms with Crippen LogP contribution in [-0.4, -0.2) is 22.5 Å². The van der Waals surface area contributed by atoms with Crippen molar-refractivity contribution in [2.75, 3.05) is 10.3 Å². The second-order valence-electron chi connectivity index (χ2n) is 6.09. The third-order valence-corrected chi connectivity index (χ3v) is 5.17. The van der Waals surface area contributed by atoms with Gasteiger partial charge in [-0.1, -0.05) is 41.9 Å². The quantitative estimate of drug-likeness (QED) is 0.683.